The van der Waals surface area contributed by atoms with Crippen molar-refractivity contribution in [2.24, 2.45) is 0 Å². The minimum Gasteiger partial charge on any atom is -0.495 e. The van der Waals surface area contributed by atoms with Gasteiger partial charge in [-0.15, -0.1) is 0 Å². The molecule has 1 saturated heterocycles. The lowest BCUT2D eigenvalue weighted by atomic mass is 9.87. The van der Waals surface area contributed by atoms with Gasteiger partial charge >= 0.3 is 5.97 Å². The number of carbonyl (C=O) groups is 1. The average molecular weight is 186 g/mol. The van der Waals surface area contributed by atoms with E-state index in [2.05, 4.69) is 6.58 Å². The lowest BCUT2D eigenvalue weighted by molar-refractivity contribution is -0.146. The molecule has 4 heteroatoms. The van der Waals surface area contributed by atoms with Gasteiger partial charge in [-0.1, -0.05) is 6.58 Å². The summed E-state index contributed by atoms with van der Waals surface area (Å²) in [6, 6.07) is 0. The SMILES string of the molecule is C=C1CC(O)(CC(=O)O)CC(C)O1. The number of aliphatic hydroxyl groups is 1. The maximum Gasteiger partial charge on any atom is 0.306 e. The molecule has 0 aromatic rings. The molecular formula is C9H14O4. The van der Waals surface area contributed by atoms with Crippen molar-refractivity contribution in [3.05, 3.63) is 12.3 Å². The molecule has 4 nitrogen and oxygen atoms in total. The Labute approximate surface area is 76.8 Å². The first-order valence-electron chi connectivity index (χ1n) is 4.20. The van der Waals surface area contributed by atoms with Gasteiger partial charge in [0.05, 0.1) is 23.9 Å². The Morgan fingerprint density at radius 3 is 2.92 bits per heavy atom. The van der Waals surface area contributed by atoms with Crippen molar-refractivity contribution in [2.45, 2.75) is 37.9 Å². The van der Waals surface area contributed by atoms with Crippen LogP contribution in [0.4, 0.5) is 0 Å². The second-order valence-corrected chi connectivity index (χ2v) is 3.64. The van der Waals surface area contributed by atoms with Crippen molar-refractivity contribution in [3.63, 3.8) is 0 Å². The van der Waals surface area contributed by atoms with E-state index in [4.69, 9.17) is 9.84 Å². The Hall–Kier alpha value is -1.03. The van der Waals surface area contributed by atoms with E-state index in [-0.39, 0.29) is 18.9 Å². The normalized spacial score (nSPS) is 34.0. The van der Waals surface area contributed by atoms with Crippen molar-refractivity contribution in [2.75, 3.05) is 0 Å². The van der Waals surface area contributed by atoms with Gasteiger partial charge < -0.3 is 14.9 Å². The van der Waals surface area contributed by atoms with Gasteiger partial charge in [-0.25, -0.2) is 0 Å². The zero-order valence-corrected chi connectivity index (χ0v) is 7.62. The first-order chi connectivity index (χ1) is 5.91. The molecule has 0 aromatic carbocycles. The van der Waals surface area contributed by atoms with Crippen LogP contribution in [0, 0.1) is 0 Å². The summed E-state index contributed by atoms with van der Waals surface area (Å²) in [5.41, 5.74) is -1.18. The summed E-state index contributed by atoms with van der Waals surface area (Å²) in [5.74, 6) is -0.535. The molecule has 1 heterocycles. The molecule has 0 saturated carbocycles. The Kier molecular flexibility index (Phi) is 2.61. The molecular weight excluding hydrogens is 172 g/mol. The van der Waals surface area contributed by atoms with Crippen molar-refractivity contribution in [3.8, 4) is 0 Å². The second-order valence-electron chi connectivity index (χ2n) is 3.64. The van der Waals surface area contributed by atoms with Gasteiger partial charge in [-0.2, -0.15) is 0 Å². The number of aliphatic carboxylic acids is 1. The Bertz CT molecular complexity index is 232. The smallest absolute Gasteiger partial charge is 0.306 e. The van der Waals surface area contributed by atoms with E-state index in [0.717, 1.165) is 0 Å². The molecule has 1 fully saturated rings. The molecule has 0 bridgehead atoms. The fourth-order valence-corrected chi connectivity index (χ4v) is 1.76. The number of rotatable bonds is 2. The summed E-state index contributed by atoms with van der Waals surface area (Å²) >= 11 is 0. The molecule has 0 aliphatic carbocycles. The van der Waals surface area contributed by atoms with Crippen LogP contribution in [-0.4, -0.2) is 27.9 Å². The highest BCUT2D eigenvalue weighted by Crippen LogP contribution is 2.32. The molecule has 2 unspecified atom stereocenters. The number of hydrogen-bond acceptors (Lipinski definition) is 3. The molecule has 13 heavy (non-hydrogen) atoms. The fourth-order valence-electron chi connectivity index (χ4n) is 1.76. The van der Waals surface area contributed by atoms with E-state index >= 15 is 0 Å². The van der Waals surface area contributed by atoms with Crippen LogP contribution >= 0.6 is 0 Å². The molecule has 1 rings (SSSR count). The third-order valence-electron chi connectivity index (χ3n) is 2.04. The monoisotopic (exact) mass is 186 g/mol. The van der Waals surface area contributed by atoms with E-state index in [0.29, 0.717) is 12.2 Å². The zero-order valence-electron chi connectivity index (χ0n) is 7.62. The number of carboxylic acids is 1. The Balaban J connectivity index is 2.66. The molecule has 2 N–H and O–H groups in total. The predicted octanol–water partition coefficient (Wildman–Crippen LogP) is 0.905. The van der Waals surface area contributed by atoms with E-state index in [1.54, 1.807) is 6.92 Å². The molecule has 2 atom stereocenters. The van der Waals surface area contributed by atoms with Gasteiger partial charge in [-0.05, 0) is 6.92 Å². The molecule has 0 aromatic heterocycles. The Morgan fingerprint density at radius 1 is 1.85 bits per heavy atom. The van der Waals surface area contributed by atoms with Crippen LogP contribution in [0.3, 0.4) is 0 Å². The molecule has 1 aliphatic rings. The van der Waals surface area contributed by atoms with Crippen LogP contribution in [0.2, 0.25) is 0 Å². The highest BCUT2D eigenvalue weighted by molar-refractivity contribution is 5.68. The molecule has 1 aliphatic heterocycles. The molecule has 0 radical (unpaired) electrons. The van der Waals surface area contributed by atoms with Gasteiger partial charge in [0.2, 0.25) is 0 Å². The quantitative estimate of drug-likeness (QED) is 0.672. The van der Waals surface area contributed by atoms with Crippen LogP contribution in [0.25, 0.3) is 0 Å². The molecule has 0 spiro atoms. The van der Waals surface area contributed by atoms with Crippen molar-refractivity contribution >= 4 is 5.97 Å². The van der Waals surface area contributed by atoms with E-state index < -0.39 is 11.6 Å². The second kappa shape index (κ2) is 3.38. The predicted molar refractivity (Wildman–Crippen MR) is 46.1 cm³/mol. The minimum atomic E-state index is -1.18. The van der Waals surface area contributed by atoms with E-state index in [9.17, 15) is 9.90 Å². The van der Waals surface area contributed by atoms with Crippen molar-refractivity contribution in [1.82, 2.24) is 0 Å². The van der Waals surface area contributed by atoms with E-state index in [1.807, 2.05) is 0 Å². The largest absolute Gasteiger partial charge is 0.495 e. The van der Waals surface area contributed by atoms with E-state index in [1.165, 1.54) is 0 Å². The summed E-state index contributed by atoms with van der Waals surface area (Å²) in [6.07, 6.45) is 0.146. The summed E-state index contributed by atoms with van der Waals surface area (Å²) in [6.45, 7) is 5.38. The highest BCUT2D eigenvalue weighted by atomic mass is 16.5. The summed E-state index contributed by atoms with van der Waals surface area (Å²) < 4.78 is 5.22. The number of carboxylic acid groups (broad SMARTS) is 1. The standard InChI is InChI=1S/C9H14O4/c1-6-3-9(12,5-8(10)11)4-7(2)13-6/h7,12H,1,3-5H2,2H3,(H,10,11). The summed E-state index contributed by atoms with van der Waals surface area (Å²) in [7, 11) is 0. The summed E-state index contributed by atoms with van der Waals surface area (Å²) in [4.78, 5) is 10.5. The van der Waals surface area contributed by atoms with Crippen molar-refractivity contribution < 1.29 is 19.7 Å². The fraction of sp³-hybridized carbons (Fsp3) is 0.667. The number of hydrogen-bond donors (Lipinski definition) is 2. The lowest BCUT2D eigenvalue weighted by Gasteiger charge is -2.35. The maximum absolute atomic E-state index is 10.5. The van der Waals surface area contributed by atoms with Gasteiger partial charge in [-0.3, -0.25) is 4.79 Å². The van der Waals surface area contributed by atoms with Crippen LogP contribution < -0.4 is 0 Å². The highest BCUT2D eigenvalue weighted by Gasteiger charge is 2.37. The van der Waals surface area contributed by atoms with Gasteiger partial charge in [0, 0.05) is 12.8 Å². The first-order valence-corrected chi connectivity index (χ1v) is 4.20. The van der Waals surface area contributed by atoms with Crippen LogP contribution in [0.5, 0.6) is 0 Å². The average Bonchev–Trinajstić information content (AvgIpc) is 1.77. The van der Waals surface area contributed by atoms with Crippen LogP contribution in [0.1, 0.15) is 26.2 Å². The van der Waals surface area contributed by atoms with Gasteiger partial charge in [0.25, 0.3) is 0 Å². The third kappa shape index (κ3) is 2.73. The zero-order chi connectivity index (χ0) is 10.1. The van der Waals surface area contributed by atoms with Gasteiger partial charge in [0.1, 0.15) is 0 Å². The third-order valence-corrected chi connectivity index (χ3v) is 2.04. The molecule has 74 valence electrons. The topological polar surface area (TPSA) is 66.8 Å². The van der Waals surface area contributed by atoms with Gasteiger partial charge in [0.15, 0.2) is 0 Å². The Morgan fingerprint density at radius 2 is 2.46 bits per heavy atom. The lowest BCUT2D eigenvalue weighted by Crippen LogP contribution is -2.40. The first kappa shape index (κ1) is 10.1. The maximum atomic E-state index is 10.5. The van der Waals surface area contributed by atoms with Crippen molar-refractivity contribution in [1.29, 1.82) is 0 Å². The van der Waals surface area contributed by atoms with Crippen LogP contribution in [0.15, 0.2) is 12.3 Å². The van der Waals surface area contributed by atoms with Crippen LogP contribution in [-0.2, 0) is 9.53 Å². The molecule has 0 amide bonds. The summed E-state index contributed by atoms with van der Waals surface area (Å²) in [5, 5.41) is 18.4. The minimum absolute atomic E-state index is 0.161. The number of ether oxygens (including phenoxy) is 1.